The van der Waals surface area contributed by atoms with Crippen molar-refractivity contribution in [1.82, 2.24) is 10.6 Å². The summed E-state index contributed by atoms with van der Waals surface area (Å²) in [5, 5.41) is 5.43. The van der Waals surface area contributed by atoms with E-state index in [1.165, 1.54) is 23.1 Å². The van der Waals surface area contributed by atoms with E-state index >= 15 is 0 Å². The normalized spacial score (nSPS) is 14.3. The Kier molecular flexibility index (Phi) is 3.82. The summed E-state index contributed by atoms with van der Waals surface area (Å²) in [6.07, 6.45) is 3.91. The number of thiophene rings is 1. The zero-order chi connectivity index (χ0) is 13.3. The fourth-order valence-corrected chi connectivity index (χ4v) is 3.40. The molecule has 2 rings (SSSR count). The Balaban J connectivity index is 2.33. The van der Waals surface area contributed by atoms with Gasteiger partial charge >= 0.3 is 0 Å². The van der Waals surface area contributed by atoms with Gasteiger partial charge in [0.25, 0.3) is 11.8 Å². The van der Waals surface area contributed by atoms with Crippen molar-refractivity contribution < 1.29 is 9.59 Å². The lowest BCUT2D eigenvalue weighted by atomic mass is 10.2. The highest BCUT2D eigenvalue weighted by molar-refractivity contribution is 8.00. The molecular weight excluding hydrogens is 270 g/mol. The molecule has 1 aliphatic carbocycles. The lowest BCUT2D eigenvalue weighted by Crippen LogP contribution is -2.25. The van der Waals surface area contributed by atoms with Gasteiger partial charge < -0.3 is 16.4 Å². The van der Waals surface area contributed by atoms with Gasteiger partial charge in [0.2, 0.25) is 0 Å². The van der Waals surface area contributed by atoms with Crippen molar-refractivity contribution in [2.24, 2.45) is 0 Å². The predicted molar refractivity (Wildman–Crippen MR) is 74.4 cm³/mol. The van der Waals surface area contributed by atoms with Crippen LogP contribution in [0, 0.1) is 0 Å². The Bertz CT molecular complexity index is 495. The van der Waals surface area contributed by atoms with Crippen LogP contribution in [0.2, 0.25) is 0 Å². The van der Waals surface area contributed by atoms with E-state index in [4.69, 9.17) is 5.73 Å². The molecule has 1 fully saturated rings. The number of amides is 2. The molecule has 0 saturated heterocycles. The molecule has 1 aliphatic rings. The van der Waals surface area contributed by atoms with Crippen LogP contribution in [-0.4, -0.2) is 31.2 Å². The molecule has 0 aromatic carbocycles. The molecule has 18 heavy (non-hydrogen) atoms. The van der Waals surface area contributed by atoms with Crippen LogP contribution in [0.4, 0.5) is 5.69 Å². The van der Waals surface area contributed by atoms with Gasteiger partial charge in [-0.2, -0.15) is 0 Å². The Hall–Kier alpha value is -1.21. The predicted octanol–water partition coefficient (Wildman–Crippen LogP) is 1.30. The summed E-state index contributed by atoms with van der Waals surface area (Å²) in [5.41, 5.74) is 6.62. The first-order valence-corrected chi connectivity index (χ1v) is 7.61. The van der Waals surface area contributed by atoms with Crippen molar-refractivity contribution >= 4 is 40.6 Å². The zero-order valence-corrected chi connectivity index (χ0v) is 11.8. The minimum Gasteiger partial charge on any atom is -0.397 e. The van der Waals surface area contributed by atoms with Crippen LogP contribution >= 0.6 is 23.1 Å². The maximum atomic E-state index is 12.0. The van der Waals surface area contributed by atoms with Crippen molar-refractivity contribution in [3.8, 4) is 0 Å². The molecule has 98 valence electrons. The van der Waals surface area contributed by atoms with E-state index in [2.05, 4.69) is 10.6 Å². The summed E-state index contributed by atoms with van der Waals surface area (Å²) in [6, 6.07) is 0.278. The van der Waals surface area contributed by atoms with Gasteiger partial charge in [-0.25, -0.2) is 0 Å². The maximum absolute atomic E-state index is 12.0. The molecule has 0 atom stereocenters. The molecule has 1 aromatic heterocycles. The lowest BCUT2D eigenvalue weighted by molar-refractivity contribution is 0.0954. The Morgan fingerprint density at radius 1 is 1.39 bits per heavy atom. The van der Waals surface area contributed by atoms with E-state index < -0.39 is 0 Å². The van der Waals surface area contributed by atoms with Gasteiger partial charge in [-0.3, -0.25) is 9.59 Å². The molecule has 1 saturated carbocycles. The lowest BCUT2D eigenvalue weighted by Gasteiger charge is -2.03. The Morgan fingerprint density at radius 3 is 2.56 bits per heavy atom. The quantitative estimate of drug-likeness (QED) is 0.728. The summed E-state index contributed by atoms with van der Waals surface area (Å²) in [7, 11) is 1.55. The number of anilines is 1. The van der Waals surface area contributed by atoms with E-state index in [0.717, 1.165) is 17.1 Å². The van der Waals surface area contributed by atoms with Gasteiger partial charge in [0.1, 0.15) is 4.88 Å². The van der Waals surface area contributed by atoms with Crippen molar-refractivity contribution in [3.63, 3.8) is 0 Å². The highest BCUT2D eigenvalue weighted by Gasteiger charge is 2.28. The van der Waals surface area contributed by atoms with Crippen molar-refractivity contribution in [2.75, 3.05) is 19.0 Å². The van der Waals surface area contributed by atoms with Gasteiger partial charge in [0.15, 0.2) is 0 Å². The number of nitrogens with two attached hydrogens (primary N) is 1. The first kappa shape index (κ1) is 13.2. The fraction of sp³-hybridized carbons (Fsp3) is 0.455. The van der Waals surface area contributed by atoms with Crippen molar-refractivity contribution in [3.05, 3.63) is 10.4 Å². The van der Waals surface area contributed by atoms with Crippen LogP contribution in [0.25, 0.3) is 0 Å². The molecule has 4 N–H and O–H groups in total. The van der Waals surface area contributed by atoms with Crippen LogP contribution in [0.5, 0.6) is 0 Å². The third kappa shape index (κ3) is 2.46. The van der Waals surface area contributed by atoms with Gasteiger partial charge in [-0.15, -0.1) is 23.1 Å². The number of carbonyl (C=O) groups excluding carboxylic acids is 2. The topological polar surface area (TPSA) is 84.2 Å². The monoisotopic (exact) mass is 285 g/mol. The summed E-state index contributed by atoms with van der Waals surface area (Å²) in [5.74, 6) is -0.427. The van der Waals surface area contributed by atoms with Gasteiger partial charge in [0.05, 0.1) is 15.5 Å². The van der Waals surface area contributed by atoms with Gasteiger partial charge in [-0.1, -0.05) is 0 Å². The second-order valence-electron chi connectivity index (χ2n) is 4.04. The minimum atomic E-state index is -0.251. The molecule has 1 heterocycles. The molecule has 0 spiro atoms. The van der Waals surface area contributed by atoms with Gasteiger partial charge in [-0.05, 0) is 19.1 Å². The summed E-state index contributed by atoms with van der Waals surface area (Å²) < 4.78 is 0.771. The number of hydrogen-bond donors (Lipinski definition) is 3. The van der Waals surface area contributed by atoms with Crippen LogP contribution in [0.15, 0.2) is 4.21 Å². The first-order chi connectivity index (χ1) is 8.58. The maximum Gasteiger partial charge on any atom is 0.263 e. The number of rotatable bonds is 4. The summed E-state index contributed by atoms with van der Waals surface area (Å²) >= 11 is 2.70. The molecule has 0 unspecified atom stereocenters. The van der Waals surface area contributed by atoms with Crippen LogP contribution < -0.4 is 16.4 Å². The highest BCUT2D eigenvalue weighted by atomic mass is 32.2. The SMILES string of the molecule is CNC(=O)c1c(SC)sc(C(=O)NC2CC2)c1N. The molecule has 0 aliphatic heterocycles. The summed E-state index contributed by atoms with van der Waals surface area (Å²) in [6.45, 7) is 0. The third-order valence-electron chi connectivity index (χ3n) is 2.67. The highest BCUT2D eigenvalue weighted by Crippen LogP contribution is 2.37. The second-order valence-corrected chi connectivity index (χ2v) is 6.13. The molecule has 1 aromatic rings. The summed E-state index contributed by atoms with van der Waals surface area (Å²) in [4.78, 5) is 24.2. The van der Waals surface area contributed by atoms with Crippen molar-refractivity contribution in [2.45, 2.75) is 23.1 Å². The molecule has 5 nitrogen and oxygen atoms in total. The zero-order valence-electron chi connectivity index (χ0n) is 10.2. The van der Waals surface area contributed by atoms with Crippen LogP contribution in [0.3, 0.4) is 0 Å². The Labute approximate surface area is 114 Å². The number of nitrogen functional groups attached to an aromatic ring is 1. The second kappa shape index (κ2) is 5.19. The fourth-order valence-electron chi connectivity index (χ4n) is 1.55. The van der Waals surface area contributed by atoms with E-state index in [1.807, 2.05) is 6.26 Å². The standard InChI is InChI=1S/C11H15N3O2S2/c1-13-9(15)6-7(12)8(18-11(6)17-2)10(16)14-5-3-4-5/h5H,3-4,12H2,1-2H3,(H,13,15)(H,14,16). The molecular formula is C11H15N3O2S2. The van der Waals surface area contributed by atoms with Crippen LogP contribution in [0.1, 0.15) is 32.9 Å². The average Bonchev–Trinajstić information content (AvgIpc) is 3.10. The van der Waals surface area contributed by atoms with Gasteiger partial charge in [0, 0.05) is 13.1 Å². The molecule has 0 bridgehead atoms. The van der Waals surface area contributed by atoms with E-state index in [-0.39, 0.29) is 23.5 Å². The third-order valence-corrected chi connectivity index (χ3v) is 5.00. The van der Waals surface area contributed by atoms with E-state index in [1.54, 1.807) is 7.05 Å². The number of nitrogens with one attached hydrogen (secondary N) is 2. The molecule has 2 amide bonds. The number of hydrogen-bond acceptors (Lipinski definition) is 5. The number of carbonyl (C=O) groups is 2. The molecule has 7 heteroatoms. The Morgan fingerprint density at radius 2 is 2.06 bits per heavy atom. The largest absolute Gasteiger partial charge is 0.397 e. The van der Waals surface area contributed by atoms with E-state index in [9.17, 15) is 9.59 Å². The number of thioether (sulfide) groups is 1. The smallest absolute Gasteiger partial charge is 0.263 e. The average molecular weight is 285 g/mol. The molecule has 0 radical (unpaired) electrons. The van der Waals surface area contributed by atoms with Crippen LogP contribution in [-0.2, 0) is 0 Å². The van der Waals surface area contributed by atoms with E-state index in [0.29, 0.717) is 10.4 Å². The van der Waals surface area contributed by atoms with Crippen molar-refractivity contribution in [1.29, 1.82) is 0 Å². The first-order valence-electron chi connectivity index (χ1n) is 5.57. The minimum absolute atomic E-state index is 0.176.